The molecule has 0 saturated heterocycles. The average molecular weight is 274 g/mol. The lowest BCUT2D eigenvalue weighted by Crippen LogP contribution is -2.18. The molecule has 0 saturated carbocycles. The molecular weight excluding hydrogens is 271 g/mol. The fourth-order valence-corrected chi connectivity index (χ4v) is 1.00. The predicted octanol–water partition coefficient (Wildman–Crippen LogP) is 2.53. The average Bonchev–Trinajstić information content (AvgIpc) is 2.17. The first-order valence-electron chi connectivity index (χ1n) is 4.03. The van der Waals surface area contributed by atoms with E-state index in [1.807, 2.05) is 0 Å². The Labute approximate surface area is 94.8 Å². The van der Waals surface area contributed by atoms with Crippen LogP contribution in [0, 0.1) is 10.1 Å². The third kappa shape index (κ3) is 2.93. The van der Waals surface area contributed by atoms with Crippen LogP contribution in [0.1, 0.15) is 12.0 Å². The van der Waals surface area contributed by atoms with E-state index in [1.165, 1.54) is 0 Å². The van der Waals surface area contributed by atoms with Crippen LogP contribution in [0.3, 0.4) is 0 Å². The number of aromatic hydroxyl groups is 1. The molecule has 1 heterocycles. The summed E-state index contributed by atoms with van der Waals surface area (Å²) in [6.45, 7) is 0. The van der Waals surface area contributed by atoms with Crippen LogP contribution >= 0.6 is 0 Å². The Bertz CT molecular complexity index is 476. The molecule has 0 fully saturated rings. The van der Waals surface area contributed by atoms with Gasteiger partial charge in [-0.05, 0) is 9.91 Å². The standard InChI is InChI=1S/C7H3F5N2O4/c8-5(9)2-1-13-6(14(16)17)3(15)4(2)18-7(10,11)12/h1,5,15H. The minimum absolute atomic E-state index is 0.129. The first-order chi connectivity index (χ1) is 8.13. The van der Waals surface area contributed by atoms with Gasteiger partial charge in [0.15, 0.2) is 11.9 Å². The molecule has 0 aliphatic rings. The molecule has 0 spiro atoms. The van der Waals surface area contributed by atoms with Crippen LogP contribution < -0.4 is 4.74 Å². The van der Waals surface area contributed by atoms with Gasteiger partial charge in [-0.2, -0.15) is 0 Å². The minimum atomic E-state index is -5.39. The number of rotatable bonds is 3. The van der Waals surface area contributed by atoms with E-state index in [0.29, 0.717) is 0 Å². The maximum Gasteiger partial charge on any atom is 0.573 e. The summed E-state index contributed by atoms with van der Waals surface area (Å²) in [6, 6.07) is 0. The number of halogens is 5. The Morgan fingerprint density at radius 3 is 2.39 bits per heavy atom. The predicted molar refractivity (Wildman–Crippen MR) is 44.2 cm³/mol. The van der Waals surface area contributed by atoms with Gasteiger partial charge in [0.2, 0.25) is 0 Å². The summed E-state index contributed by atoms with van der Waals surface area (Å²) in [5, 5.41) is 19.4. The molecule has 0 bridgehead atoms. The number of pyridine rings is 1. The highest BCUT2D eigenvalue weighted by atomic mass is 19.4. The van der Waals surface area contributed by atoms with Gasteiger partial charge in [0.1, 0.15) is 5.56 Å². The monoisotopic (exact) mass is 274 g/mol. The summed E-state index contributed by atoms with van der Waals surface area (Å²) < 4.78 is 63.6. The smallest absolute Gasteiger partial charge is 0.498 e. The van der Waals surface area contributed by atoms with Crippen molar-refractivity contribution in [2.24, 2.45) is 0 Å². The number of aromatic nitrogens is 1. The Morgan fingerprint density at radius 2 is 2.00 bits per heavy atom. The largest absolute Gasteiger partial charge is 0.573 e. The van der Waals surface area contributed by atoms with Crippen LogP contribution in [0.4, 0.5) is 27.8 Å². The zero-order valence-corrected chi connectivity index (χ0v) is 8.11. The third-order valence-electron chi connectivity index (χ3n) is 1.64. The second-order valence-electron chi connectivity index (χ2n) is 2.82. The van der Waals surface area contributed by atoms with Gasteiger partial charge in [-0.3, -0.25) is 0 Å². The van der Waals surface area contributed by atoms with Crippen molar-refractivity contribution in [1.82, 2.24) is 4.98 Å². The summed E-state index contributed by atoms with van der Waals surface area (Å²) in [7, 11) is 0. The summed E-state index contributed by atoms with van der Waals surface area (Å²) in [6.07, 6.45) is -8.72. The van der Waals surface area contributed by atoms with Crippen molar-refractivity contribution in [3.63, 3.8) is 0 Å². The zero-order valence-electron chi connectivity index (χ0n) is 8.11. The molecule has 1 aromatic heterocycles. The van der Waals surface area contributed by atoms with Gasteiger partial charge in [-0.1, -0.05) is 0 Å². The summed E-state index contributed by atoms with van der Waals surface area (Å²) in [4.78, 5) is 11.8. The van der Waals surface area contributed by atoms with Gasteiger partial charge in [-0.15, -0.1) is 13.2 Å². The van der Waals surface area contributed by atoms with Gasteiger partial charge in [-0.25, -0.2) is 8.78 Å². The van der Waals surface area contributed by atoms with Crippen LogP contribution in [-0.2, 0) is 0 Å². The molecule has 11 heteroatoms. The zero-order chi connectivity index (χ0) is 14.1. The lowest BCUT2D eigenvalue weighted by Gasteiger charge is -2.12. The van der Waals surface area contributed by atoms with Crippen molar-refractivity contribution in [1.29, 1.82) is 0 Å². The van der Waals surface area contributed by atoms with Crippen molar-refractivity contribution < 1.29 is 36.7 Å². The number of hydrogen-bond donors (Lipinski definition) is 1. The lowest BCUT2D eigenvalue weighted by atomic mass is 10.2. The maximum atomic E-state index is 12.3. The number of ether oxygens (including phenoxy) is 1. The highest BCUT2D eigenvalue weighted by molar-refractivity contribution is 5.54. The Kier molecular flexibility index (Phi) is 3.53. The molecule has 1 rings (SSSR count). The Hall–Kier alpha value is -2.20. The van der Waals surface area contributed by atoms with E-state index < -0.39 is 40.6 Å². The van der Waals surface area contributed by atoms with E-state index in [0.717, 1.165) is 0 Å². The first-order valence-corrected chi connectivity index (χ1v) is 4.03. The first kappa shape index (κ1) is 13.9. The highest BCUT2D eigenvalue weighted by Gasteiger charge is 2.38. The third-order valence-corrected chi connectivity index (χ3v) is 1.64. The molecule has 0 aliphatic heterocycles. The van der Waals surface area contributed by atoms with Crippen molar-refractivity contribution >= 4 is 5.82 Å². The summed E-state index contributed by atoms with van der Waals surface area (Å²) in [5.41, 5.74) is -1.41. The summed E-state index contributed by atoms with van der Waals surface area (Å²) >= 11 is 0. The Balaban J connectivity index is 3.41. The van der Waals surface area contributed by atoms with E-state index in [4.69, 9.17) is 5.11 Å². The fourth-order valence-electron chi connectivity index (χ4n) is 1.00. The molecule has 6 nitrogen and oxygen atoms in total. The molecule has 0 radical (unpaired) electrons. The van der Waals surface area contributed by atoms with E-state index in [-0.39, 0.29) is 6.20 Å². The number of alkyl halides is 5. The van der Waals surface area contributed by atoms with Crippen LogP contribution in [-0.4, -0.2) is 21.4 Å². The lowest BCUT2D eigenvalue weighted by molar-refractivity contribution is -0.390. The SMILES string of the molecule is O=[N+]([O-])c1ncc(C(F)F)c(OC(F)(F)F)c1O. The minimum Gasteiger partial charge on any atom is -0.498 e. The van der Waals surface area contributed by atoms with E-state index >= 15 is 0 Å². The van der Waals surface area contributed by atoms with Crippen LogP contribution in [0.2, 0.25) is 0 Å². The van der Waals surface area contributed by atoms with Crippen molar-refractivity contribution in [3.8, 4) is 11.5 Å². The molecule has 18 heavy (non-hydrogen) atoms. The van der Waals surface area contributed by atoms with Gasteiger partial charge in [0.25, 0.3) is 12.2 Å². The normalized spacial score (nSPS) is 11.7. The van der Waals surface area contributed by atoms with Gasteiger partial charge >= 0.3 is 12.2 Å². The molecule has 0 atom stereocenters. The van der Waals surface area contributed by atoms with Crippen molar-refractivity contribution in [2.75, 3.05) is 0 Å². The van der Waals surface area contributed by atoms with E-state index in [9.17, 15) is 32.1 Å². The van der Waals surface area contributed by atoms with Crippen LogP contribution in [0.15, 0.2) is 6.20 Å². The van der Waals surface area contributed by atoms with E-state index in [2.05, 4.69) is 9.72 Å². The fraction of sp³-hybridized carbons (Fsp3) is 0.286. The topological polar surface area (TPSA) is 85.5 Å². The summed E-state index contributed by atoms with van der Waals surface area (Å²) in [5.74, 6) is -4.87. The molecule has 0 unspecified atom stereocenters. The molecule has 1 aromatic rings. The molecule has 0 amide bonds. The molecular formula is C7H3F5N2O4. The molecule has 1 N–H and O–H groups in total. The molecule has 100 valence electrons. The molecule has 0 aromatic carbocycles. The number of hydrogen-bond acceptors (Lipinski definition) is 5. The van der Waals surface area contributed by atoms with Crippen LogP contribution in [0.5, 0.6) is 11.5 Å². The van der Waals surface area contributed by atoms with Crippen molar-refractivity contribution in [2.45, 2.75) is 12.8 Å². The van der Waals surface area contributed by atoms with Gasteiger partial charge in [0.05, 0.1) is 0 Å². The number of nitrogens with zero attached hydrogens (tertiary/aromatic N) is 2. The highest BCUT2D eigenvalue weighted by Crippen LogP contribution is 2.43. The molecule has 0 aliphatic carbocycles. The second-order valence-corrected chi connectivity index (χ2v) is 2.82. The van der Waals surface area contributed by atoms with Gasteiger partial charge in [0, 0.05) is 0 Å². The van der Waals surface area contributed by atoms with Crippen LogP contribution in [0.25, 0.3) is 0 Å². The Morgan fingerprint density at radius 1 is 1.44 bits per heavy atom. The quantitative estimate of drug-likeness (QED) is 0.520. The van der Waals surface area contributed by atoms with E-state index in [1.54, 1.807) is 0 Å². The van der Waals surface area contributed by atoms with Gasteiger partial charge < -0.3 is 20.0 Å². The van der Waals surface area contributed by atoms with Crippen molar-refractivity contribution in [3.05, 3.63) is 21.9 Å². The number of nitro groups is 1. The maximum absolute atomic E-state index is 12.3. The second kappa shape index (κ2) is 4.58.